The maximum atomic E-state index is 10.9. The third kappa shape index (κ3) is 4.49. The van der Waals surface area contributed by atoms with Gasteiger partial charge in [0, 0.05) is 12.0 Å². The number of phenols is 3. The van der Waals surface area contributed by atoms with Gasteiger partial charge in [0.2, 0.25) is 5.75 Å². The van der Waals surface area contributed by atoms with Crippen molar-refractivity contribution in [3.05, 3.63) is 101 Å². The molecular weight excluding hydrogens is 432 g/mol. The first-order valence-electron chi connectivity index (χ1n) is 11.0. The summed E-state index contributed by atoms with van der Waals surface area (Å²) in [5.41, 5.74) is 3.13. The molecule has 0 amide bonds. The SMILES string of the molecule is Oc1cc2cc(c1O)Oc1ccc(cc1)[C@@H](O)Cc1cccc(O)c1Oc1cccc(c1)CC2. The van der Waals surface area contributed by atoms with Crippen LogP contribution in [0.25, 0.3) is 0 Å². The van der Waals surface area contributed by atoms with Crippen LogP contribution >= 0.6 is 0 Å². The van der Waals surface area contributed by atoms with E-state index in [0.29, 0.717) is 41.2 Å². The molecule has 0 unspecified atom stereocenters. The molecule has 2 heterocycles. The zero-order valence-electron chi connectivity index (χ0n) is 18.3. The number of aliphatic hydroxyl groups excluding tert-OH is 1. The minimum Gasteiger partial charge on any atom is -0.504 e. The van der Waals surface area contributed by atoms with Crippen molar-refractivity contribution in [2.24, 2.45) is 0 Å². The lowest BCUT2D eigenvalue weighted by atomic mass is 10.00. The number of hydrogen-bond donors (Lipinski definition) is 4. The zero-order chi connectivity index (χ0) is 23.7. The Labute approximate surface area is 196 Å². The van der Waals surface area contributed by atoms with Crippen LogP contribution in [0.4, 0.5) is 0 Å². The summed E-state index contributed by atoms with van der Waals surface area (Å²) in [4.78, 5) is 0. The number of aryl methyl sites for hydroxylation is 2. The molecule has 0 aliphatic carbocycles. The molecule has 4 N–H and O–H groups in total. The summed E-state index contributed by atoms with van der Waals surface area (Å²) in [5.74, 6) is 0.919. The number of aliphatic hydroxyl groups is 1. The molecular formula is C28H24O6. The second-order valence-corrected chi connectivity index (χ2v) is 8.37. The highest BCUT2D eigenvalue weighted by molar-refractivity contribution is 5.54. The number of phenolic OH excluding ortho intramolecular Hbond substituents is 3. The average molecular weight is 456 g/mol. The Hall–Kier alpha value is -4.16. The average Bonchev–Trinajstić information content (AvgIpc) is 2.83. The van der Waals surface area contributed by atoms with E-state index in [2.05, 4.69) is 0 Å². The van der Waals surface area contributed by atoms with Crippen molar-refractivity contribution in [1.82, 2.24) is 0 Å². The van der Waals surface area contributed by atoms with E-state index in [4.69, 9.17) is 9.47 Å². The summed E-state index contributed by atoms with van der Waals surface area (Å²) >= 11 is 0. The van der Waals surface area contributed by atoms with Crippen molar-refractivity contribution in [2.75, 3.05) is 0 Å². The number of ether oxygens (including phenoxy) is 2. The van der Waals surface area contributed by atoms with Crippen molar-refractivity contribution in [1.29, 1.82) is 0 Å². The maximum absolute atomic E-state index is 10.9. The van der Waals surface area contributed by atoms with Gasteiger partial charge in [0.05, 0.1) is 6.10 Å². The summed E-state index contributed by atoms with van der Waals surface area (Å²) in [5, 5.41) is 41.8. The molecule has 172 valence electrons. The number of para-hydroxylation sites is 1. The van der Waals surface area contributed by atoms with Gasteiger partial charge in [0.15, 0.2) is 23.0 Å². The summed E-state index contributed by atoms with van der Waals surface area (Å²) in [6, 6.07) is 22.7. The predicted octanol–water partition coefficient (Wildman–Crippen LogP) is 5.76. The van der Waals surface area contributed by atoms with Gasteiger partial charge in [-0.2, -0.15) is 0 Å². The van der Waals surface area contributed by atoms with Gasteiger partial charge in [-0.05, 0) is 72.0 Å². The van der Waals surface area contributed by atoms with Crippen LogP contribution in [0.3, 0.4) is 0 Å². The van der Waals surface area contributed by atoms with Crippen LogP contribution < -0.4 is 9.47 Å². The molecule has 4 aromatic rings. The van der Waals surface area contributed by atoms with Crippen LogP contribution in [0.1, 0.15) is 28.4 Å². The number of rotatable bonds is 0. The molecule has 2 aliphatic heterocycles. The predicted molar refractivity (Wildman–Crippen MR) is 127 cm³/mol. The first-order valence-corrected chi connectivity index (χ1v) is 11.0. The largest absolute Gasteiger partial charge is 0.504 e. The first-order chi connectivity index (χ1) is 16.5. The highest BCUT2D eigenvalue weighted by Crippen LogP contribution is 2.40. The molecule has 6 nitrogen and oxygen atoms in total. The molecule has 6 bridgehead atoms. The van der Waals surface area contributed by atoms with Crippen LogP contribution in [0.2, 0.25) is 0 Å². The van der Waals surface area contributed by atoms with Gasteiger partial charge in [0.25, 0.3) is 0 Å². The summed E-state index contributed by atoms with van der Waals surface area (Å²) in [6.45, 7) is 0. The van der Waals surface area contributed by atoms with E-state index in [1.165, 1.54) is 6.07 Å². The minimum atomic E-state index is -0.843. The third-order valence-corrected chi connectivity index (χ3v) is 5.92. The molecule has 0 saturated carbocycles. The lowest BCUT2D eigenvalue weighted by Gasteiger charge is -2.17. The molecule has 0 spiro atoms. The summed E-state index contributed by atoms with van der Waals surface area (Å²) < 4.78 is 11.9. The van der Waals surface area contributed by atoms with Crippen molar-refractivity contribution >= 4 is 0 Å². The fourth-order valence-electron chi connectivity index (χ4n) is 4.10. The summed E-state index contributed by atoms with van der Waals surface area (Å²) in [6.07, 6.45) is 0.646. The van der Waals surface area contributed by atoms with E-state index in [1.54, 1.807) is 42.5 Å². The van der Waals surface area contributed by atoms with Crippen molar-refractivity contribution in [3.8, 4) is 40.2 Å². The minimum absolute atomic E-state index is 0.000327. The molecule has 0 radical (unpaired) electrons. The second-order valence-electron chi connectivity index (χ2n) is 8.37. The Balaban J connectivity index is 1.58. The highest BCUT2D eigenvalue weighted by Gasteiger charge is 2.17. The number of fused-ring (bicyclic) bond motifs is 4. The van der Waals surface area contributed by atoms with Crippen LogP contribution in [-0.4, -0.2) is 20.4 Å². The Morgan fingerprint density at radius 1 is 0.676 bits per heavy atom. The monoisotopic (exact) mass is 456 g/mol. The van der Waals surface area contributed by atoms with Gasteiger partial charge in [-0.3, -0.25) is 0 Å². The van der Waals surface area contributed by atoms with E-state index in [1.807, 2.05) is 30.3 Å². The highest BCUT2D eigenvalue weighted by atomic mass is 16.5. The van der Waals surface area contributed by atoms with E-state index in [0.717, 1.165) is 11.1 Å². The lowest BCUT2D eigenvalue weighted by Crippen LogP contribution is -2.04. The van der Waals surface area contributed by atoms with E-state index < -0.39 is 6.10 Å². The van der Waals surface area contributed by atoms with Crippen LogP contribution in [0.5, 0.6) is 40.2 Å². The standard InChI is InChI=1S/C28H24O6/c29-23-6-2-4-20-16-24(30)19-9-11-21(12-10-19)33-26-15-18(14-25(31)27(26)32)8-7-17-3-1-5-22(13-17)34-28(20)23/h1-6,9-15,24,29-32H,7-8,16H2/t24-/m0/s1. The van der Waals surface area contributed by atoms with Crippen LogP contribution in [-0.2, 0) is 19.3 Å². The van der Waals surface area contributed by atoms with Crippen LogP contribution in [0, 0.1) is 0 Å². The normalized spacial score (nSPS) is 15.4. The molecule has 1 atom stereocenters. The fourth-order valence-corrected chi connectivity index (χ4v) is 4.10. The Bertz CT molecular complexity index is 1330. The number of aromatic hydroxyl groups is 3. The number of hydrogen-bond acceptors (Lipinski definition) is 6. The first kappa shape index (κ1) is 21.7. The van der Waals surface area contributed by atoms with Gasteiger partial charge in [-0.25, -0.2) is 0 Å². The van der Waals surface area contributed by atoms with Gasteiger partial charge < -0.3 is 29.9 Å². The Morgan fingerprint density at radius 3 is 2.26 bits per heavy atom. The summed E-state index contributed by atoms with van der Waals surface area (Å²) in [7, 11) is 0. The third-order valence-electron chi connectivity index (χ3n) is 5.92. The van der Waals surface area contributed by atoms with E-state index in [9.17, 15) is 20.4 Å². The topological polar surface area (TPSA) is 99.4 Å². The number of benzene rings is 4. The smallest absolute Gasteiger partial charge is 0.201 e. The fraction of sp³-hybridized carbons (Fsp3) is 0.143. The van der Waals surface area contributed by atoms with Crippen molar-refractivity contribution in [3.63, 3.8) is 0 Å². The van der Waals surface area contributed by atoms with Gasteiger partial charge >= 0.3 is 0 Å². The second kappa shape index (κ2) is 9.00. The van der Waals surface area contributed by atoms with Gasteiger partial charge in [-0.15, -0.1) is 0 Å². The van der Waals surface area contributed by atoms with Crippen molar-refractivity contribution < 1.29 is 29.9 Å². The molecule has 6 heteroatoms. The molecule has 0 aromatic heterocycles. The molecule has 34 heavy (non-hydrogen) atoms. The van der Waals surface area contributed by atoms with Crippen LogP contribution in [0.15, 0.2) is 78.9 Å². The van der Waals surface area contributed by atoms with Crippen molar-refractivity contribution in [2.45, 2.75) is 25.4 Å². The Kier molecular flexibility index (Phi) is 5.74. The molecule has 4 aromatic carbocycles. The van der Waals surface area contributed by atoms with E-state index in [-0.39, 0.29) is 29.4 Å². The zero-order valence-corrected chi connectivity index (χ0v) is 18.3. The van der Waals surface area contributed by atoms with E-state index >= 15 is 0 Å². The van der Waals surface area contributed by atoms with Gasteiger partial charge in [-0.1, -0.05) is 36.4 Å². The van der Waals surface area contributed by atoms with Gasteiger partial charge in [0.1, 0.15) is 11.5 Å². The quantitative estimate of drug-likeness (QED) is 0.251. The molecule has 6 rings (SSSR count). The Morgan fingerprint density at radius 2 is 1.44 bits per heavy atom. The molecule has 0 fully saturated rings. The molecule has 2 aliphatic rings. The maximum Gasteiger partial charge on any atom is 0.201 e. The molecule has 0 saturated heterocycles. The lowest BCUT2D eigenvalue weighted by molar-refractivity contribution is 0.177.